The molecule has 0 aromatic rings. The first-order chi connectivity index (χ1) is 8.13. The molecule has 1 aliphatic heterocycles. The van der Waals surface area contributed by atoms with E-state index in [4.69, 9.17) is 0 Å². The van der Waals surface area contributed by atoms with Crippen LogP contribution in [-0.4, -0.2) is 49.1 Å². The lowest BCUT2D eigenvalue weighted by Crippen LogP contribution is -2.40. The van der Waals surface area contributed by atoms with E-state index < -0.39 is 0 Å². The second-order valence-electron chi connectivity index (χ2n) is 5.15. The quantitative estimate of drug-likeness (QED) is 0.698. The van der Waals surface area contributed by atoms with Crippen molar-refractivity contribution in [2.75, 3.05) is 26.2 Å². The Morgan fingerprint density at radius 3 is 2.76 bits per heavy atom. The van der Waals surface area contributed by atoms with Crippen molar-refractivity contribution in [3.63, 3.8) is 0 Å². The van der Waals surface area contributed by atoms with Gasteiger partial charge in [0.25, 0.3) is 0 Å². The molecule has 1 fully saturated rings. The molecular formula is C13H27N3O. The van der Waals surface area contributed by atoms with Crippen LogP contribution in [0.15, 0.2) is 0 Å². The van der Waals surface area contributed by atoms with Gasteiger partial charge in [-0.2, -0.15) is 0 Å². The summed E-state index contributed by atoms with van der Waals surface area (Å²) in [7, 11) is 0. The van der Waals surface area contributed by atoms with E-state index in [1.54, 1.807) is 0 Å². The molecule has 1 heterocycles. The maximum absolute atomic E-state index is 11.6. The summed E-state index contributed by atoms with van der Waals surface area (Å²) in [6.45, 7) is 10.4. The zero-order chi connectivity index (χ0) is 12.7. The van der Waals surface area contributed by atoms with Gasteiger partial charge < -0.3 is 10.6 Å². The number of nitrogens with zero attached hydrogens (tertiary/aromatic N) is 1. The first-order valence-corrected chi connectivity index (χ1v) is 6.87. The Kier molecular flexibility index (Phi) is 6.52. The summed E-state index contributed by atoms with van der Waals surface area (Å²) < 4.78 is 0. The van der Waals surface area contributed by atoms with E-state index in [1.807, 2.05) is 13.8 Å². The minimum atomic E-state index is 0.173. The summed E-state index contributed by atoms with van der Waals surface area (Å²) in [5.74, 6) is 0.173. The van der Waals surface area contributed by atoms with Crippen LogP contribution in [-0.2, 0) is 4.79 Å². The third-order valence-electron chi connectivity index (χ3n) is 3.14. The van der Waals surface area contributed by atoms with Gasteiger partial charge in [-0.25, -0.2) is 0 Å². The Hall–Kier alpha value is -0.610. The zero-order valence-electron chi connectivity index (χ0n) is 11.5. The van der Waals surface area contributed by atoms with E-state index in [0.717, 1.165) is 32.6 Å². The number of hydrogen-bond donors (Lipinski definition) is 2. The standard InChI is InChI=1S/C13H27N3O/c1-4-8-16(12-5-7-14-10-12)9-6-13(17)15-11(2)3/h11-12,14H,4-10H2,1-3H3,(H,15,17). The van der Waals surface area contributed by atoms with Gasteiger partial charge in [0.2, 0.25) is 5.91 Å². The van der Waals surface area contributed by atoms with Crippen LogP contribution in [0.2, 0.25) is 0 Å². The van der Waals surface area contributed by atoms with E-state index in [1.165, 1.54) is 6.42 Å². The minimum Gasteiger partial charge on any atom is -0.354 e. The number of rotatable bonds is 7. The van der Waals surface area contributed by atoms with E-state index in [0.29, 0.717) is 12.5 Å². The van der Waals surface area contributed by atoms with Gasteiger partial charge in [-0.1, -0.05) is 6.92 Å². The molecule has 0 bridgehead atoms. The lowest BCUT2D eigenvalue weighted by atomic mass is 10.2. The Bertz CT molecular complexity index is 225. The molecule has 1 atom stereocenters. The highest BCUT2D eigenvalue weighted by Crippen LogP contribution is 2.09. The van der Waals surface area contributed by atoms with Crippen LogP contribution < -0.4 is 10.6 Å². The molecule has 4 heteroatoms. The Labute approximate surface area is 105 Å². The molecule has 0 aromatic heterocycles. The van der Waals surface area contributed by atoms with E-state index in [9.17, 15) is 4.79 Å². The molecule has 2 N–H and O–H groups in total. The fraction of sp³-hybridized carbons (Fsp3) is 0.923. The van der Waals surface area contributed by atoms with Gasteiger partial charge in [-0.3, -0.25) is 9.69 Å². The summed E-state index contributed by atoms with van der Waals surface area (Å²) in [5.41, 5.74) is 0. The van der Waals surface area contributed by atoms with Gasteiger partial charge >= 0.3 is 0 Å². The van der Waals surface area contributed by atoms with Crippen LogP contribution in [0.3, 0.4) is 0 Å². The summed E-state index contributed by atoms with van der Waals surface area (Å²) in [4.78, 5) is 14.1. The number of hydrogen-bond acceptors (Lipinski definition) is 3. The highest BCUT2D eigenvalue weighted by atomic mass is 16.1. The van der Waals surface area contributed by atoms with Crippen molar-refractivity contribution in [2.45, 2.75) is 52.1 Å². The highest BCUT2D eigenvalue weighted by molar-refractivity contribution is 5.76. The van der Waals surface area contributed by atoms with Gasteiger partial charge in [0.05, 0.1) is 0 Å². The minimum absolute atomic E-state index is 0.173. The summed E-state index contributed by atoms with van der Waals surface area (Å²) in [6, 6.07) is 0.872. The van der Waals surface area contributed by atoms with E-state index >= 15 is 0 Å². The average Bonchev–Trinajstić information content (AvgIpc) is 2.76. The van der Waals surface area contributed by atoms with Crippen molar-refractivity contribution in [1.29, 1.82) is 0 Å². The third-order valence-corrected chi connectivity index (χ3v) is 3.14. The van der Waals surface area contributed by atoms with Crippen molar-refractivity contribution in [3.8, 4) is 0 Å². The molecule has 0 radical (unpaired) electrons. The lowest BCUT2D eigenvalue weighted by molar-refractivity contribution is -0.122. The van der Waals surface area contributed by atoms with Crippen LogP contribution in [0, 0.1) is 0 Å². The predicted molar refractivity (Wildman–Crippen MR) is 71.0 cm³/mol. The molecule has 1 amide bonds. The second kappa shape index (κ2) is 7.67. The number of amides is 1. The molecule has 1 saturated heterocycles. The van der Waals surface area contributed by atoms with Crippen LogP contribution in [0.4, 0.5) is 0 Å². The van der Waals surface area contributed by atoms with Crippen LogP contribution in [0.5, 0.6) is 0 Å². The molecule has 0 aromatic carbocycles. The Morgan fingerprint density at radius 1 is 1.47 bits per heavy atom. The van der Waals surface area contributed by atoms with Gasteiger partial charge in [-0.15, -0.1) is 0 Å². The van der Waals surface area contributed by atoms with Gasteiger partial charge in [0.15, 0.2) is 0 Å². The van der Waals surface area contributed by atoms with Crippen molar-refractivity contribution in [1.82, 2.24) is 15.5 Å². The maximum atomic E-state index is 11.6. The van der Waals surface area contributed by atoms with Crippen LogP contribution in [0.1, 0.15) is 40.0 Å². The van der Waals surface area contributed by atoms with Crippen molar-refractivity contribution in [3.05, 3.63) is 0 Å². The monoisotopic (exact) mass is 241 g/mol. The second-order valence-corrected chi connectivity index (χ2v) is 5.15. The van der Waals surface area contributed by atoms with Crippen molar-refractivity contribution < 1.29 is 4.79 Å². The molecule has 1 aliphatic rings. The first-order valence-electron chi connectivity index (χ1n) is 6.87. The molecule has 4 nitrogen and oxygen atoms in total. The molecule has 100 valence electrons. The topological polar surface area (TPSA) is 44.4 Å². The zero-order valence-corrected chi connectivity index (χ0v) is 11.5. The van der Waals surface area contributed by atoms with Gasteiger partial charge in [0, 0.05) is 31.6 Å². The Balaban J connectivity index is 2.30. The van der Waals surface area contributed by atoms with Crippen LogP contribution >= 0.6 is 0 Å². The fourth-order valence-electron chi connectivity index (χ4n) is 2.35. The van der Waals surface area contributed by atoms with E-state index in [-0.39, 0.29) is 11.9 Å². The predicted octanol–water partition coefficient (Wildman–Crippen LogP) is 0.975. The summed E-state index contributed by atoms with van der Waals surface area (Å²) in [6.07, 6.45) is 2.99. The summed E-state index contributed by atoms with van der Waals surface area (Å²) >= 11 is 0. The van der Waals surface area contributed by atoms with Crippen molar-refractivity contribution >= 4 is 5.91 Å². The van der Waals surface area contributed by atoms with Gasteiger partial charge in [-0.05, 0) is 39.8 Å². The third kappa shape index (κ3) is 5.50. The van der Waals surface area contributed by atoms with Gasteiger partial charge in [0.1, 0.15) is 0 Å². The lowest BCUT2D eigenvalue weighted by Gasteiger charge is -2.27. The number of nitrogens with one attached hydrogen (secondary N) is 2. The fourth-order valence-corrected chi connectivity index (χ4v) is 2.35. The summed E-state index contributed by atoms with van der Waals surface area (Å²) in [5, 5.41) is 6.34. The molecule has 0 aliphatic carbocycles. The van der Waals surface area contributed by atoms with E-state index in [2.05, 4.69) is 22.5 Å². The van der Waals surface area contributed by atoms with Crippen LogP contribution in [0.25, 0.3) is 0 Å². The first kappa shape index (κ1) is 14.5. The normalized spacial score (nSPS) is 20.2. The molecule has 17 heavy (non-hydrogen) atoms. The molecule has 0 spiro atoms. The molecular weight excluding hydrogens is 214 g/mol. The van der Waals surface area contributed by atoms with Crippen molar-refractivity contribution in [2.24, 2.45) is 0 Å². The maximum Gasteiger partial charge on any atom is 0.221 e. The highest BCUT2D eigenvalue weighted by Gasteiger charge is 2.21. The molecule has 1 unspecified atom stereocenters. The number of carbonyl (C=O) groups is 1. The molecule has 0 saturated carbocycles. The average molecular weight is 241 g/mol. The number of carbonyl (C=O) groups excluding carboxylic acids is 1. The largest absolute Gasteiger partial charge is 0.354 e. The smallest absolute Gasteiger partial charge is 0.221 e. The SMILES string of the molecule is CCCN(CCC(=O)NC(C)C)C1CCNC1. The molecule has 1 rings (SSSR count). The Morgan fingerprint density at radius 2 is 2.24 bits per heavy atom.